The second-order valence-electron chi connectivity index (χ2n) is 13.5. The van der Waals surface area contributed by atoms with Gasteiger partial charge in [0.15, 0.2) is 0 Å². The van der Waals surface area contributed by atoms with Crippen molar-refractivity contribution in [3.63, 3.8) is 0 Å². The summed E-state index contributed by atoms with van der Waals surface area (Å²) in [6.45, 7) is 7.26. The lowest BCUT2D eigenvalue weighted by molar-refractivity contribution is 0.607. The fourth-order valence-electron chi connectivity index (χ4n) is 8.19. The van der Waals surface area contributed by atoms with E-state index < -0.39 is 0 Å². The molecular formula is C43H35NS. The third-order valence-electron chi connectivity index (χ3n) is 10.6. The standard InChI is InChI=1S/C43H35NS/c1-42(2)36-25-26-43(3)35-15-9-10-16-39(35)45-41(43)40(36)34-23-22-32(27-37(34)42)44(38-24-19-30-13-7-8-14-33(30)38)31-20-17-29(18-21-31)28-11-5-4-6-12-28/h4-27,33,41H,1-3H3. The number of benzene rings is 4. The lowest BCUT2D eigenvalue weighted by Gasteiger charge is -2.35. The van der Waals surface area contributed by atoms with Crippen LogP contribution in [0.3, 0.4) is 0 Å². The lowest BCUT2D eigenvalue weighted by Crippen LogP contribution is -2.32. The Balaban J connectivity index is 1.15. The first-order valence-electron chi connectivity index (χ1n) is 16.0. The molecule has 0 aromatic heterocycles. The molecule has 3 atom stereocenters. The Bertz CT molecular complexity index is 2070. The third kappa shape index (κ3) is 3.88. The monoisotopic (exact) mass is 597 g/mol. The minimum absolute atomic E-state index is 0.000549. The number of hydrogen-bond acceptors (Lipinski definition) is 2. The van der Waals surface area contributed by atoms with Crippen molar-refractivity contribution in [1.82, 2.24) is 0 Å². The van der Waals surface area contributed by atoms with Gasteiger partial charge in [0, 0.05) is 44.0 Å². The Kier molecular flexibility index (Phi) is 5.80. The molecule has 1 heterocycles. The topological polar surface area (TPSA) is 3.24 Å². The van der Waals surface area contributed by atoms with E-state index in [2.05, 4.69) is 171 Å². The Hall–Kier alpha value is -4.53. The van der Waals surface area contributed by atoms with Crippen molar-refractivity contribution in [1.29, 1.82) is 0 Å². The van der Waals surface area contributed by atoms with Gasteiger partial charge in [0.05, 0.1) is 0 Å². The number of anilines is 2. The summed E-state index contributed by atoms with van der Waals surface area (Å²) >= 11 is 2.05. The first-order chi connectivity index (χ1) is 21.9. The normalized spacial score (nSPS) is 24.4. The maximum Gasteiger partial charge on any atom is 0.0482 e. The predicted octanol–water partition coefficient (Wildman–Crippen LogP) is 11.1. The van der Waals surface area contributed by atoms with Gasteiger partial charge in [-0.25, -0.2) is 0 Å². The Morgan fingerprint density at radius 3 is 2.29 bits per heavy atom. The summed E-state index contributed by atoms with van der Waals surface area (Å²) in [6.07, 6.45) is 18.4. The van der Waals surface area contributed by atoms with Crippen molar-refractivity contribution < 1.29 is 0 Å². The summed E-state index contributed by atoms with van der Waals surface area (Å²) < 4.78 is 0. The van der Waals surface area contributed by atoms with Crippen LogP contribution in [-0.4, -0.2) is 5.25 Å². The van der Waals surface area contributed by atoms with E-state index in [1.54, 1.807) is 0 Å². The highest BCUT2D eigenvalue weighted by atomic mass is 32.2. The van der Waals surface area contributed by atoms with Crippen LogP contribution in [0.1, 0.15) is 37.5 Å². The maximum absolute atomic E-state index is 2.49. The molecule has 0 amide bonds. The molecule has 4 aromatic rings. The quantitative estimate of drug-likeness (QED) is 0.230. The van der Waals surface area contributed by atoms with Crippen LogP contribution in [0.25, 0.3) is 16.7 Å². The number of rotatable bonds is 4. The van der Waals surface area contributed by atoms with Crippen molar-refractivity contribution in [2.24, 2.45) is 5.92 Å². The van der Waals surface area contributed by atoms with Gasteiger partial charge in [-0.3, -0.25) is 0 Å². The zero-order valence-corrected chi connectivity index (χ0v) is 26.7. The number of thioether (sulfide) groups is 1. The number of allylic oxidation sites excluding steroid dienone is 9. The van der Waals surface area contributed by atoms with Crippen molar-refractivity contribution in [2.45, 2.75) is 41.7 Å². The molecule has 5 aliphatic rings. The average Bonchev–Trinajstić information content (AvgIpc) is 3.70. The summed E-state index contributed by atoms with van der Waals surface area (Å²) in [7, 11) is 0. The van der Waals surface area contributed by atoms with Crippen LogP contribution in [0, 0.1) is 5.92 Å². The highest BCUT2D eigenvalue weighted by Gasteiger charge is 2.51. The van der Waals surface area contributed by atoms with Gasteiger partial charge in [0.2, 0.25) is 0 Å². The van der Waals surface area contributed by atoms with Crippen LogP contribution < -0.4 is 4.90 Å². The highest BCUT2D eigenvalue weighted by molar-refractivity contribution is 8.00. The largest absolute Gasteiger partial charge is 0.313 e. The van der Waals surface area contributed by atoms with Crippen LogP contribution in [0.15, 0.2) is 167 Å². The second kappa shape index (κ2) is 9.73. The number of hydrogen-bond donors (Lipinski definition) is 0. The molecule has 0 radical (unpaired) electrons. The molecule has 45 heavy (non-hydrogen) atoms. The molecule has 1 nitrogen and oxygen atoms in total. The van der Waals surface area contributed by atoms with E-state index in [9.17, 15) is 0 Å². The van der Waals surface area contributed by atoms with Crippen LogP contribution in [0.4, 0.5) is 11.4 Å². The summed E-state index contributed by atoms with van der Waals surface area (Å²) in [4.78, 5) is 3.91. The number of nitrogens with zero attached hydrogens (tertiary/aromatic N) is 1. The van der Waals surface area contributed by atoms with Gasteiger partial charge in [-0.05, 0) is 80.9 Å². The molecule has 0 spiro atoms. The van der Waals surface area contributed by atoms with Gasteiger partial charge in [-0.2, -0.15) is 0 Å². The molecule has 4 aliphatic carbocycles. The van der Waals surface area contributed by atoms with Crippen LogP contribution in [0.5, 0.6) is 0 Å². The van der Waals surface area contributed by atoms with Crippen LogP contribution >= 0.6 is 11.8 Å². The molecule has 4 aromatic carbocycles. The predicted molar refractivity (Wildman–Crippen MR) is 191 cm³/mol. The molecule has 0 saturated heterocycles. The molecule has 9 rings (SSSR count). The first-order valence-corrected chi connectivity index (χ1v) is 16.9. The van der Waals surface area contributed by atoms with Crippen molar-refractivity contribution in [3.05, 3.63) is 179 Å². The lowest BCUT2D eigenvalue weighted by atomic mass is 9.71. The summed E-state index contributed by atoms with van der Waals surface area (Å²) in [6, 6.07) is 36.0. The third-order valence-corrected chi connectivity index (χ3v) is 12.2. The minimum atomic E-state index is -0.0857. The Morgan fingerprint density at radius 1 is 0.689 bits per heavy atom. The smallest absolute Gasteiger partial charge is 0.0482 e. The second-order valence-corrected chi connectivity index (χ2v) is 14.7. The minimum Gasteiger partial charge on any atom is -0.313 e. The van der Waals surface area contributed by atoms with E-state index in [1.807, 2.05) is 11.8 Å². The van der Waals surface area contributed by atoms with Crippen LogP contribution in [0.2, 0.25) is 0 Å². The molecule has 1 aliphatic heterocycles. The molecule has 0 N–H and O–H groups in total. The van der Waals surface area contributed by atoms with Gasteiger partial charge in [0.1, 0.15) is 0 Å². The van der Waals surface area contributed by atoms with E-state index in [0.29, 0.717) is 5.25 Å². The zero-order chi connectivity index (χ0) is 30.3. The summed E-state index contributed by atoms with van der Waals surface area (Å²) in [5.74, 6) is 0.244. The van der Waals surface area contributed by atoms with E-state index >= 15 is 0 Å². The fraction of sp³-hybridized carbons (Fsp3) is 0.163. The van der Waals surface area contributed by atoms with Gasteiger partial charge in [-0.1, -0.05) is 130 Å². The molecule has 3 unspecified atom stereocenters. The molecular weight excluding hydrogens is 563 g/mol. The number of fused-ring (bicyclic) bond motifs is 7. The molecule has 0 saturated carbocycles. The van der Waals surface area contributed by atoms with E-state index in [-0.39, 0.29) is 16.7 Å². The Labute approximate surface area is 270 Å². The molecule has 218 valence electrons. The van der Waals surface area contributed by atoms with Gasteiger partial charge < -0.3 is 4.90 Å². The van der Waals surface area contributed by atoms with Crippen molar-refractivity contribution in [2.75, 3.05) is 4.90 Å². The van der Waals surface area contributed by atoms with E-state index in [4.69, 9.17) is 0 Å². The Morgan fingerprint density at radius 2 is 1.44 bits per heavy atom. The molecule has 2 heteroatoms. The molecule has 0 fully saturated rings. The van der Waals surface area contributed by atoms with E-state index in [0.717, 1.165) is 0 Å². The highest BCUT2D eigenvalue weighted by Crippen LogP contribution is 2.62. The fourth-order valence-corrected chi connectivity index (χ4v) is 9.84. The molecule has 0 bridgehead atoms. The maximum atomic E-state index is 2.49. The van der Waals surface area contributed by atoms with Gasteiger partial charge in [0.25, 0.3) is 0 Å². The van der Waals surface area contributed by atoms with E-state index in [1.165, 1.54) is 66.5 Å². The first kappa shape index (κ1) is 26.8. The summed E-state index contributed by atoms with van der Waals surface area (Å²) in [5.41, 5.74) is 14.7. The van der Waals surface area contributed by atoms with Gasteiger partial charge >= 0.3 is 0 Å². The zero-order valence-electron chi connectivity index (χ0n) is 25.9. The van der Waals surface area contributed by atoms with Crippen molar-refractivity contribution >= 4 is 28.7 Å². The summed E-state index contributed by atoms with van der Waals surface area (Å²) in [5, 5.41) is 0.381. The van der Waals surface area contributed by atoms with Crippen molar-refractivity contribution in [3.8, 4) is 11.1 Å². The van der Waals surface area contributed by atoms with Crippen LogP contribution in [-0.2, 0) is 10.8 Å². The SMILES string of the molecule is CC1(C)C2=C(c3ccc(N(C4=CC=C5C=CC=CC54)c4ccc(-c5ccccc5)cc4)cc31)C1Sc3ccccc3C1(C)C=C2. The van der Waals surface area contributed by atoms with Gasteiger partial charge in [-0.15, -0.1) is 11.8 Å². The average molecular weight is 598 g/mol.